The molecule has 3 nitrogen and oxygen atoms in total. The maximum atomic E-state index is 6.17. The molecule has 1 aliphatic heterocycles. The summed E-state index contributed by atoms with van der Waals surface area (Å²) in [6.45, 7) is 8.19. The zero-order valence-corrected chi connectivity index (χ0v) is 14.4. The number of fused-ring (bicyclic) bond motifs is 3. The number of furan rings is 1. The van der Waals surface area contributed by atoms with Gasteiger partial charge in [-0.15, -0.1) is 0 Å². The zero-order valence-electron chi connectivity index (χ0n) is 13.6. The summed E-state index contributed by atoms with van der Waals surface area (Å²) in [5, 5.41) is 2.75. The molecular weight excluding hydrogens is 310 g/mol. The van der Waals surface area contributed by atoms with Gasteiger partial charge >= 0.3 is 7.12 Å². The van der Waals surface area contributed by atoms with Gasteiger partial charge in [0.05, 0.1) is 11.2 Å². The molecule has 23 heavy (non-hydrogen) atoms. The first-order chi connectivity index (χ1) is 10.8. The lowest BCUT2D eigenvalue weighted by atomic mass is 9.78. The van der Waals surface area contributed by atoms with Gasteiger partial charge in [0.1, 0.15) is 11.2 Å². The molecular formula is C18H18BClO3. The second-order valence-electron chi connectivity index (χ2n) is 7.05. The molecule has 4 rings (SSSR count). The van der Waals surface area contributed by atoms with Crippen LogP contribution in [0.5, 0.6) is 0 Å². The smallest absolute Gasteiger partial charge is 0.456 e. The average Bonchev–Trinajstić information content (AvgIpc) is 2.92. The molecule has 1 aromatic heterocycles. The first kappa shape index (κ1) is 15.1. The van der Waals surface area contributed by atoms with Crippen molar-refractivity contribution in [3.8, 4) is 0 Å². The van der Waals surface area contributed by atoms with Gasteiger partial charge in [-0.1, -0.05) is 29.8 Å². The second-order valence-corrected chi connectivity index (χ2v) is 7.49. The van der Waals surface area contributed by atoms with Crippen LogP contribution in [-0.4, -0.2) is 18.3 Å². The van der Waals surface area contributed by atoms with Crippen LogP contribution in [0.1, 0.15) is 27.7 Å². The Morgan fingerprint density at radius 2 is 1.61 bits per heavy atom. The largest absolute Gasteiger partial charge is 0.498 e. The van der Waals surface area contributed by atoms with Crippen LogP contribution >= 0.6 is 11.6 Å². The van der Waals surface area contributed by atoms with Crippen LogP contribution in [0.4, 0.5) is 0 Å². The van der Waals surface area contributed by atoms with E-state index in [9.17, 15) is 0 Å². The summed E-state index contributed by atoms with van der Waals surface area (Å²) in [6, 6.07) is 11.7. The third-order valence-corrected chi connectivity index (χ3v) is 5.23. The molecule has 5 heteroatoms. The van der Waals surface area contributed by atoms with E-state index in [4.69, 9.17) is 25.3 Å². The molecule has 118 valence electrons. The molecule has 0 aliphatic carbocycles. The van der Waals surface area contributed by atoms with E-state index < -0.39 is 7.12 Å². The van der Waals surface area contributed by atoms with Gasteiger partial charge in [-0.05, 0) is 39.8 Å². The first-order valence-corrected chi connectivity index (χ1v) is 8.13. The fourth-order valence-electron chi connectivity index (χ4n) is 2.95. The van der Waals surface area contributed by atoms with E-state index >= 15 is 0 Å². The van der Waals surface area contributed by atoms with Crippen molar-refractivity contribution in [1.29, 1.82) is 0 Å². The Hall–Kier alpha value is -1.49. The van der Waals surface area contributed by atoms with Crippen LogP contribution in [0.25, 0.3) is 21.9 Å². The van der Waals surface area contributed by atoms with Crippen molar-refractivity contribution in [2.24, 2.45) is 0 Å². The Balaban J connectivity index is 1.90. The van der Waals surface area contributed by atoms with Gasteiger partial charge < -0.3 is 13.7 Å². The number of halogens is 1. The number of benzene rings is 2. The molecule has 0 bridgehead atoms. The lowest BCUT2D eigenvalue weighted by Crippen LogP contribution is -2.41. The Kier molecular flexibility index (Phi) is 3.12. The molecule has 1 aliphatic rings. The van der Waals surface area contributed by atoms with Crippen LogP contribution < -0.4 is 5.46 Å². The average molecular weight is 329 g/mol. The SMILES string of the molecule is CC1(C)OB(c2cccc3c2oc2cc(Cl)ccc23)OC1(C)C. The minimum atomic E-state index is -0.445. The Bertz CT molecular complexity index is 897. The Morgan fingerprint density at radius 3 is 2.30 bits per heavy atom. The fourth-order valence-corrected chi connectivity index (χ4v) is 3.11. The summed E-state index contributed by atoms with van der Waals surface area (Å²) in [7, 11) is -0.445. The molecule has 1 saturated heterocycles. The van der Waals surface area contributed by atoms with E-state index in [0.717, 1.165) is 27.4 Å². The van der Waals surface area contributed by atoms with Gasteiger partial charge in [0, 0.05) is 27.3 Å². The van der Waals surface area contributed by atoms with Crippen LogP contribution in [0, 0.1) is 0 Å². The molecule has 0 N–H and O–H groups in total. The Morgan fingerprint density at radius 1 is 0.913 bits per heavy atom. The van der Waals surface area contributed by atoms with Crippen LogP contribution in [0.3, 0.4) is 0 Å². The van der Waals surface area contributed by atoms with Crippen molar-refractivity contribution in [3.05, 3.63) is 41.4 Å². The van der Waals surface area contributed by atoms with Crippen LogP contribution in [0.15, 0.2) is 40.8 Å². The van der Waals surface area contributed by atoms with Crippen molar-refractivity contribution < 1.29 is 13.7 Å². The van der Waals surface area contributed by atoms with E-state index in [1.54, 1.807) is 0 Å². The maximum Gasteiger partial charge on any atom is 0.498 e. The summed E-state index contributed by atoms with van der Waals surface area (Å²) < 4.78 is 18.4. The van der Waals surface area contributed by atoms with E-state index in [0.29, 0.717) is 5.02 Å². The van der Waals surface area contributed by atoms with E-state index in [2.05, 4.69) is 0 Å². The van der Waals surface area contributed by atoms with E-state index in [1.165, 1.54) is 0 Å². The van der Waals surface area contributed by atoms with Crippen molar-refractivity contribution in [3.63, 3.8) is 0 Å². The normalized spacial score (nSPS) is 19.8. The van der Waals surface area contributed by atoms with Gasteiger partial charge in [0.15, 0.2) is 0 Å². The zero-order chi connectivity index (χ0) is 16.4. The van der Waals surface area contributed by atoms with Crippen LogP contribution in [-0.2, 0) is 9.31 Å². The second kappa shape index (κ2) is 4.76. The lowest BCUT2D eigenvalue weighted by Gasteiger charge is -2.32. The topological polar surface area (TPSA) is 31.6 Å². The van der Waals surface area contributed by atoms with Gasteiger partial charge in [0.2, 0.25) is 0 Å². The molecule has 1 fully saturated rings. The number of hydrogen-bond acceptors (Lipinski definition) is 3. The molecule has 0 unspecified atom stereocenters. The van der Waals surface area contributed by atoms with Gasteiger partial charge in [0.25, 0.3) is 0 Å². The summed E-state index contributed by atoms with van der Waals surface area (Å²) in [6.07, 6.45) is 0. The van der Waals surface area contributed by atoms with Gasteiger partial charge in [-0.25, -0.2) is 0 Å². The highest BCUT2D eigenvalue weighted by atomic mass is 35.5. The summed E-state index contributed by atoms with van der Waals surface area (Å²) in [5.74, 6) is 0. The molecule has 0 atom stereocenters. The predicted molar refractivity (Wildman–Crippen MR) is 94.4 cm³/mol. The van der Waals surface area contributed by atoms with Gasteiger partial charge in [-0.2, -0.15) is 0 Å². The van der Waals surface area contributed by atoms with E-state index in [1.807, 2.05) is 64.1 Å². The lowest BCUT2D eigenvalue weighted by molar-refractivity contribution is 0.00578. The molecule has 0 spiro atoms. The van der Waals surface area contributed by atoms with Crippen molar-refractivity contribution in [2.75, 3.05) is 0 Å². The monoisotopic (exact) mass is 328 g/mol. The quantitative estimate of drug-likeness (QED) is 0.615. The van der Waals surface area contributed by atoms with E-state index in [-0.39, 0.29) is 11.2 Å². The predicted octanol–water partition coefficient (Wildman–Crippen LogP) is 4.54. The number of rotatable bonds is 1. The third-order valence-electron chi connectivity index (χ3n) is 5.00. The standard InChI is InChI=1S/C18H18BClO3/c1-17(2)18(3,4)23-19(22-17)14-7-5-6-13-12-9-8-11(20)10-15(12)21-16(13)14/h5-10H,1-4H3. The van der Waals surface area contributed by atoms with Crippen LogP contribution in [0.2, 0.25) is 5.02 Å². The highest BCUT2D eigenvalue weighted by molar-refractivity contribution is 6.65. The van der Waals surface area contributed by atoms with Crippen molar-refractivity contribution >= 4 is 46.1 Å². The Labute approximate surface area is 140 Å². The highest BCUT2D eigenvalue weighted by Gasteiger charge is 2.52. The van der Waals surface area contributed by atoms with Crippen molar-refractivity contribution in [1.82, 2.24) is 0 Å². The molecule has 2 aromatic carbocycles. The fraction of sp³-hybridized carbons (Fsp3) is 0.333. The highest BCUT2D eigenvalue weighted by Crippen LogP contribution is 2.38. The maximum absolute atomic E-state index is 6.17. The molecule has 2 heterocycles. The van der Waals surface area contributed by atoms with Crippen molar-refractivity contribution in [2.45, 2.75) is 38.9 Å². The molecule has 3 aromatic rings. The molecule has 0 saturated carbocycles. The van der Waals surface area contributed by atoms with Gasteiger partial charge in [-0.3, -0.25) is 0 Å². The number of hydrogen-bond donors (Lipinski definition) is 0. The summed E-state index contributed by atoms with van der Waals surface area (Å²) in [5.41, 5.74) is 1.72. The number of para-hydroxylation sites is 1. The first-order valence-electron chi connectivity index (χ1n) is 7.75. The summed E-state index contributed by atoms with van der Waals surface area (Å²) in [4.78, 5) is 0. The minimum absolute atomic E-state index is 0.380. The molecule has 0 amide bonds. The molecule has 0 radical (unpaired) electrons. The minimum Gasteiger partial charge on any atom is -0.456 e. The summed E-state index contributed by atoms with van der Waals surface area (Å²) >= 11 is 6.08. The third kappa shape index (κ3) is 2.20.